The third-order valence-corrected chi connectivity index (χ3v) is 10.4. The number of aryl methyl sites for hydroxylation is 2. The van der Waals surface area contributed by atoms with Crippen molar-refractivity contribution in [3.8, 4) is 0 Å². The molecule has 46 heavy (non-hydrogen) atoms. The number of tetrazole rings is 2. The van der Waals surface area contributed by atoms with E-state index in [1.807, 2.05) is 9.59 Å². The van der Waals surface area contributed by atoms with Gasteiger partial charge in [-0.15, -0.1) is 20.4 Å². The summed E-state index contributed by atoms with van der Waals surface area (Å²) in [5.41, 5.74) is 5.11. The minimum Gasteiger partial charge on any atom is -0.241 e. The molecule has 2 aromatic heterocycles. The van der Waals surface area contributed by atoms with Crippen molar-refractivity contribution in [1.82, 2.24) is 50.4 Å². The normalized spacial score (nSPS) is 21.1. The van der Waals surface area contributed by atoms with Crippen molar-refractivity contribution in [3.05, 3.63) is 108 Å². The Kier molecular flexibility index (Phi) is 7.75. The van der Waals surface area contributed by atoms with Crippen molar-refractivity contribution in [3.63, 3.8) is 0 Å². The predicted octanol–water partition coefficient (Wildman–Crippen LogP) is 5.80. The molecule has 0 radical (unpaired) electrons. The molecule has 4 heterocycles. The van der Waals surface area contributed by atoms with E-state index in [0.717, 1.165) is 51.9 Å². The predicted molar refractivity (Wildman–Crippen MR) is 178 cm³/mol. The molecule has 2 saturated heterocycles. The van der Waals surface area contributed by atoms with Gasteiger partial charge in [0.05, 0.1) is 0 Å². The fraction of sp³-hybridized carbons (Fsp3) is 0.389. The molecule has 2 fully saturated rings. The van der Waals surface area contributed by atoms with E-state index in [0.29, 0.717) is 11.8 Å². The lowest BCUT2D eigenvalue weighted by molar-refractivity contribution is -0.0887. The highest BCUT2D eigenvalue weighted by Crippen LogP contribution is 2.40. The van der Waals surface area contributed by atoms with Gasteiger partial charge in [0.2, 0.25) is 0 Å². The minimum atomic E-state index is 0.00223. The van der Waals surface area contributed by atoms with Crippen molar-refractivity contribution in [2.75, 3.05) is 26.2 Å². The number of piperidine rings is 2. The Balaban J connectivity index is 1.10. The summed E-state index contributed by atoms with van der Waals surface area (Å²) < 4.78 is 0. The van der Waals surface area contributed by atoms with Crippen molar-refractivity contribution in [2.45, 2.75) is 51.6 Å². The molecule has 0 N–H and O–H groups in total. The van der Waals surface area contributed by atoms with Gasteiger partial charge >= 0.3 is 0 Å². The van der Waals surface area contributed by atoms with Gasteiger partial charge in [-0.25, -0.2) is 10.0 Å². The lowest BCUT2D eigenvalue weighted by atomic mass is 9.83. The number of hydrogen-bond acceptors (Lipinski definition) is 8. The van der Waals surface area contributed by atoms with E-state index in [9.17, 15) is 0 Å². The topological polar surface area (TPSA) is 93.7 Å². The molecule has 10 heteroatoms. The first-order valence-corrected chi connectivity index (χ1v) is 16.6. The Bertz CT molecular complexity index is 1790. The molecule has 0 spiro atoms. The van der Waals surface area contributed by atoms with Gasteiger partial charge in [0, 0.05) is 38.0 Å². The van der Waals surface area contributed by atoms with Crippen LogP contribution in [0.25, 0.3) is 21.5 Å². The van der Waals surface area contributed by atoms with Gasteiger partial charge in [0.15, 0.2) is 12.7 Å². The molecule has 2 unspecified atom stereocenters. The summed E-state index contributed by atoms with van der Waals surface area (Å²) >= 11 is 0. The monoisotopic (exact) mass is 612 g/mol. The SMILES string of the molecule is Cc1ccc(C([C@H]2CCCN(N3CCC[C@H](C(c4ccc(C)c5ccccc45)n4ncnn4)C3)C2)n2ncnn2)c2ccccc12. The Morgan fingerprint density at radius 1 is 0.565 bits per heavy atom. The summed E-state index contributed by atoms with van der Waals surface area (Å²) in [6.45, 7) is 8.36. The molecule has 0 saturated carbocycles. The molecule has 234 valence electrons. The van der Waals surface area contributed by atoms with Crippen LogP contribution >= 0.6 is 0 Å². The summed E-state index contributed by atoms with van der Waals surface area (Å²) in [5.74, 6) is 0.673. The minimum absolute atomic E-state index is 0.00223. The average Bonchev–Trinajstić information content (AvgIpc) is 3.84. The highest BCUT2D eigenvalue weighted by molar-refractivity contribution is 5.89. The second kappa shape index (κ2) is 12.3. The lowest BCUT2D eigenvalue weighted by Crippen LogP contribution is -2.53. The zero-order valence-electron chi connectivity index (χ0n) is 26.5. The average molecular weight is 613 g/mol. The molecule has 6 aromatic rings. The maximum absolute atomic E-state index is 4.60. The van der Waals surface area contributed by atoms with Gasteiger partial charge in [-0.3, -0.25) is 0 Å². The summed E-state index contributed by atoms with van der Waals surface area (Å²) in [4.78, 5) is 3.69. The Hall–Kier alpha value is -4.54. The van der Waals surface area contributed by atoms with Gasteiger partial charge in [0.25, 0.3) is 0 Å². The van der Waals surface area contributed by atoms with E-state index in [-0.39, 0.29) is 12.1 Å². The zero-order chi connectivity index (χ0) is 31.0. The number of hydrogen-bond donors (Lipinski definition) is 0. The van der Waals surface area contributed by atoms with Crippen LogP contribution in [-0.2, 0) is 0 Å². The Labute approximate surface area is 269 Å². The van der Waals surface area contributed by atoms with Crippen LogP contribution in [0.3, 0.4) is 0 Å². The fourth-order valence-corrected chi connectivity index (χ4v) is 8.21. The number of rotatable bonds is 7. The van der Waals surface area contributed by atoms with Crippen molar-refractivity contribution < 1.29 is 0 Å². The van der Waals surface area contributed by atoms with Crippen molar-refractivity contribution >= 4 is 21.5 Å². The number of nitrogens with zero attached hydrogens (tertiary/aromatic N) is 10. The fourth-order valence-electron chi connectivity index (χ4n) is 8.21. The zero-order valence-corrected chi connectivity index (χ0v) is 26.5. The lowest BCUT2D eigenvalue weighted by Gasteiger charge is -2.46. The highest BCUT2D eigenvalue weighted by Gasteiger charge is 2.38. The highest BCUT2D eigenvalue weighted by atomic mass is 15.6. The van der Waals surface area contributed by atoms with E-state index in [2.05, 4.69) is 127 Å². The summed E-state index contributed by atoms with van der Waals surface area (Å²) in [5, 5.41) is 36.7. The smallest absolute Gasteiger partial charge is 0.162 e. The molecular formula is C36H40N10. The van der Waals surface area contributed by atoms with Crippen LogP contribution < -0.4 is 0 Å². The first-order chi connectivity index (χ1) is 22.7. The molecule has 0 aliphatic carbocycles. The van der Waals surface area contributed by atoms with Crippen LogP contribution in [0, 0.1) is 25.7 Å². The van der Waals surface area contributed by atoms with Gasteiger partial charge in [-0.1, -0.05) is 72.8 Å². The summed E-state index contributed by atoms with van der Waals surface area (Å²) in [6.07, 6.45) is 7.60. The molecular weight excluding hydrogens is 572 g/mol. The molecule has 2 aliphatic heterocycles. The number of aromatic nitrogens is 8. The second-order valence-electron chi connectivity index (χ2n) is 13.1. The Morgan fingerprint density at radius 2 is 1.00 bits per heavy atom. The van der Waals surface area contributed by atoms with Crippen LogP contribution in [-0.4, -0.2) is 76.6 Å². The molecule has 4 atom stereocenters. The molecule has 8 rings (SSSR count). The first-order valence-electron chi connectivity index (χ1n) is 16.6. The van der Waals surface area contributed by atoms with Crippen molar-refractivity contribution in [2.24, 2.45) is 11.8 Å². The number of hydrazine groups is 1. The largest absolute Gasteiger partial charge is 0.241 e. The van der Waals surface area contributed by atoms with Gasteiger partial charge < -0.3 is 0 Å². The van der Waals surface area contributed by atoms with Crippen LogP contribution in [0.15, 0.2) is 85.5 Å². The maximum Gasteiger partial charge on any atom is 0.162 e. The van der Waals surface area contributed by atoms with Crippen LogP contribution in [0.4, 0.5) is 0 Å². The summed E-state index contributed by atoms with van der Waals surface area (Å²) in [7, 11) is 0. The van der Waals surface area contributed by atoms with E-state index < -0.39 is 0 Å². The number of benzene rings is 4. The molecule has 4 aromatic carbocycles. The standard InChI is InChI=1S/C36H40N10/c1-25-15-17-33(31-13-5-3-11-29(25)31)35(45-39-23-37-41-45)27-9-7-19-43(21-27)44-20-8-10-28(22-44)36(46-40-24-38-42-46)34-18-16-26(2)30-12-4-6-14-32(30)34/h3-6,11-18,23-24,27-28,35-36H,7-10,19-22H2,1-2H3/t27-,28-,35?,36?/m0/s1. The third kappa shape index (κ3) is 5.25. The van der Waals surface area contributed by atoms with Crippen LogP contribution in [0.1, 0.15) is 60.0 Å². The van der Waals surface area contributed by atoms with Crippen LogP contribution in [0.2, 0.25) is 0 Å². The van der Waals surface area contributed by atoms with E-state index in [4.69, 9.17) is 0 Å². The third-order valence-electron chi connectivity index (χ3n) is 10.4. The molecule has 0 bridgehead atoms. The molecule has 10 nitrogen and oxygen atoms in total. The van der Waals surface area contributed by atoms with Gasteiger partial charge in [-0.2, -0.15) is 9.59 Å². The van der Waals surface area contributed by atoms with Crippen molar-refractivity contribution in [1.29, 1.82) is 0 Å². The van der Waals surface area contributed by atoms with E-state index >= 15 is 0 Å². The van der Waals surface area contributed by atoms with Gasteiger partial charge in [0.1, 0.15) is 12.1 Å². The molecule has 2 aliphatic rings. The first kappa shape index (κ1) is 28.9. The van der Waals surface area contributed by atoms with E-state index in [1.165, 1.54) is 43.8 Å². The summed E-state index contributed by atoms with van der Waals surface area (Å²) in [6, 6.07) is 26.5. The Morgan fingerprint density at radius 3 is 1.41 bits per heavy atom. The second-order valence-corrected chi connectivity index (χ2v) is 13.1. The molecule has 0 amide bonds. The van der Waals surface area contributed by atoms with Crippen LogP contribution in [0.5, 0.6) is 0 Å². The van der Waals surface area contributed by atoms with E-state index in [1.54, 1.807) is 12.7 Å². The number of fused-ring (bicyclic) bond motifs is 2. The quantitative estimate of drug-likeness (QED) is 0.223. The van der Waals surface area contributed by atoms with Gasteiger partial charge in [-0.05, 0) is 93.8 Å². The maximum atomic E-state index is 4.60.